The summed E-state index contributed by atoms with van der Waals surface area (Å²) in [6.45, 7) is 5.27. The van der Waals surface area contributed by atoms with Gasteiger partial charge >= 0.3 is 0 Å². The quantitative estimate of drug-likeness (QED) is 0.521. The van der Waals surface area contributed by atoms with Crippen molar-refractivity contribution in [2.24, 2.45) is 0 Å². The molecule has 0 aromatic heterocycles. The molecule has 0 saturated carbocycles. The molecule has 0 spiro atoms. The molecule has 0 rings (SSSR count). The molecule has 0 aromatic rings. The molecule has 1 atom stereocenters. The van der Waals surface area contributed by atoms with Gasteiger partial charge < -0.3 is 10.2 Å². The maximum Gasteiger partial charge on any atom is 0.0766 e. The van der Waals surface area contributed by atoms with E-state index in [0.29, 0.717) is 12.0 Å². The van der Waals surface area contributed by atoms with Crippen LogP contribution in [0.3, 0.4) is 0 Å². The van der Waals surface area contributed by atoms with Crippen molar-refractivity contribution in [2.75, 3.05) is 6.61 Å². The van der Waals surface area contributed by atoms with Gasteiger partial charge in [0.05, 0.1) is 6.10 Å². The molecule has 48 valence electrons. The molecule has 2 nitrogen and oxygen atoms in total. The van der Waals surface area contributed by atoms with Crippen LogP contribution in [0.2, 0.25) is 0 Å². The van der Waals surface area contributed by atoms with Gasteiger partial charge in [0.25, 0.3) is 0 Å². The van der Waals surface area contributed by atoms with E-state index < -0.39 is 6.10 Å². The van der Waals surface area contributed by atoms with Crippen molar-refractivity contribution in [3.8, 4) is 0 Å². The van der Waals surface area contributed by atoms with E-state index in [2.05, 4.69) is 6.58 Å². The number of aliphatic hydroxyl groups is 2. The molecule has 0 bridgehead atoms. The van der Waals surface area contributed by atoms with E-state index in [-0.39, 0.29) is 6.61 Å². The summed E-state index contributed by atoms with van der Waals surface area (Å²) < 4.78 is 0. The van der Waals surface area contributed by atoms with E-state index >= 15 is 0 Å². The highest BCUT2D eigenvalue weighted by Gasteiger charge is 2.00. The standard InChI is InChI=1S/C6H12O2/c1-5(2)6(8)3-4-7/h6-8H,1,3-4H2,2H3/t6-/m0/s1. The van der Waals surface area contributed by atoms with Crippen molar-refractivity contribution >= 4 is 0 Å². The molecule has 0 aromatic carbocycles. The Balaban J connectivity index is 3.32. The molecule has 0 radical (unpaired) electrons. The second-order valence-corrected chi connectivity index (χ2v) is 1.87. The van der Waals surface area contributed by atoms with Crippen LogP contribution in [0.15, 0.2) is 12.2 Å². The summed E-state index contributed by atoms with van der Waals surface area (Å²) in [5, 5.41) is 17.2. The third kappa shape index (κ3) is 2.77. The van der Waals surface area contributed by atoms with Crippen LogP contribution in [-0.4, -0.2) is 22.9 Å². The Morgan fingerprint density at radius 3 is 2.38 bits per heavy atom. The van der Waals surface area contributed by atoms with E-state index in [9.17, 15) is 0 Å². The zero-order chi connectivity index (χ0) is 6.57. The van der Waals surface area contributed by atoms with Crippen molar-refractivity contribution in [2.45, 2.75) is 19.4 Å². The molecule has 2 heteroatoms. The van der Waals surface area contributed by atoms with Gasteiger partial charge in [-0.05, 0) is 6.92 Å². The zero-order valence-corrected chi connectivity index (χ0v) is 5.09. The first kappa shape index (κ1) is 7.66. The topological polar surface area (TPSA) is 40.5 Å². The fraction of sp³-hybridized carbons (Fsp3) is 0.667. The van der Waals surface area contributed by atoms with Crippen molar-refractivity contribution in [3.63, 3.8) is 0 Å². The summed E-state index contributed by atoms with van der Waals surface area (Å²) in [6, 6.07) is 0. The Kier molecular flexibility index (Phi) is 3.48. The lowest BCUT2D eigenvalue weighted by Crippen LogP contribution is -2.08. The normalized spacial score (nSPS) is 13.4. The zero-order valence-electron chi connectivity index (χ0n) is 5.09. The minimum Gasteiger partial charge on any atom is -0.396 e. The molecule has 0 aliphatic rings. The summed E-state index contributed by atoms with van der Waals surface area (Å²) in [6.07, 6.45) is -0.130. The third-order valence-corrected chi connectivity index (χ3v) is 0.971. The fourth-order valence-corrected chi connectivity index (χ4v) is 0.369. The van der Waals surface area contributed by atoms with E-state index in [1.165, 1.54) is 0 Å². The Morgan fingerprint density at radius 1 is 1.75 bits per heavy atom. The number of hydrogen-bond donors (Lipinski definition) is 2. The van der Waals surface area contributed by atoms with E-state index in [4.69, 9.17) is 10.2 Å². The lowest BCUT2D eigenvalue weighted by molar-refractivity contribution is 0.161. The van der Waals surface area contributed by atoms with Crippen LogP contribution in [0, 0.1) is 0 Å². The van der Waals surface area contributed by atoms with Crippen LogP contribution in [0.4, 0.5) is 0 Å². The summed E-state index contributed by atoms with van der Waals surface area (Å²) in [4.78, 5) is 0. The Hall–Kier alpha value is -0.340. The average Bonchev–Trinajstić information content (AvgIpc) is 1.67. The first-order valence-electron chi connectivity index (χ1n) is 2.62. The molecular formula is C6H12O2. The van der Waals surface area contributed by atoms with Crippen LogP contribution < -0.4 is 0 Å². The van der Waals surface area contributed by atoms with Crippen LogP contribution in [-0.2, 0) is 0 Å². The highest BCUT2D eigenvalue weighted by Crippen LogP contribution is 2.00. The van der Waals surface area contributed by atoms with Crippen molar-refractivity contribution < 1.29 is 10.2 Å². The summed E-state index contributed by atoms with van der Waals surface area (Å²) in [7, 11) is 0. The largest absolute Gasteiger partial charge is 0.396 e. The molecule has 0 aliphatic carbocycles. The minimum atomic E-state index is -0.528. The van der Waals surface area contributed by atoms with Crippen LogP contribution in [0.5, 0.6) is 0 Å². The Labute approximate surface area is 49.5 Å². The van der Waals surface area contributed by atoms with E-state index in [1.807, 2.05) is 0 Å². The number of hydrogen-bond acceptors (Lipinski definition) is 2. The lowest BCUT2D eigenvalue weighted by atomic mass is 10.1. The van der Waals surface area contributed by atoms with Gasteiger partial charge in [-0.3, -0.25) is 0 Å². The molecule has 2 N–H and O–H groups in total. The predicted octanol–water partition coefficient (Wildman–Crippen LogP) is 0.306. The molecule has 0 aliphatic heterocycles. The Morgan fingerprint density at radius 2 is 2.25 bits per heavy atom. The number of aliphatic hydroxyl groups excluding tert-OH is 2. The van der Waals surface area contributed by atoms with Gasteiger partial charge in [-0.1, -0.05) is 12.2 Å². The molecule has 0 fully saturated rings. The monoisotopic (exact) mass is 116 g/mol. The first-order valence-corrected chi connectivity index (χ1v) is 2.62. The Bertz CT molecular complexity index is 78.6. The van der Waals surface area contributed by atoms with E-state index in [0.717, 1.165) is 0 Å². The lowest BCUT2D eigenvalue weighted by Gasteiger charge is -2.05. The smallest absolute Gasteiger partial charge is 0.0766 e. The molecule has 0 unspecified atom stereocenters. The highest BCUT2D eigenvalue weighted by atomic mass is 16.3. The van der Waals surface area contributed by atoms with Gasteiger partial charge in [0.2, 0.25) is 0 Å². The van der Waals surface area contributed by atoms with E-state index in [1.54, 1.807) is 6.92 Å². The second-order valence-electron chi connectivity index (χ2n) is 1.87. The van der Waals surface area contributed by atoms with Gasteiger partial charge in [0.1, 0.15) is 0 Å². The van der Waals surface area contributed by atoms with Crippen molar-refractivity contribution in [3.05, 3.63) is 12.2 Å². The maximum absolute atomic E-state index is 8.87. The molecule has 0 amide bonds. The molecular weight excluding hydrogens is 104 g/mol. The third-order valence-electron chi connectivity index (χ3n) is 0.971. The van der Waals surface area contributed by atoms with Gasteiger partial charge in [-0.15, -0.1) is 0 Å². The SMILES string of the molecule is C=C(C)[C@@H](O)CCO. The summed E-state index contributed by atoms with van der Waals surface area (Å²) >= 11 is 0. The molecule has 0 heterocycles. The highest BCUT2D eigenvalue weighted by molar-refractivity contribution is 4.95. The minimum absolute atomic E-state index is 0.0219. The predicted molar refractivity (Wildman–Crippen MR) is 32.5 cm³/mol. The first-order chi connectivity index (χ1) is 3.68. The van der Waals surface area contributed by atoms with Crippen molar-refractivity contribution in [1.82, 2.24) is 0 Å². The molecule has 8 heavy (non-hydrogen) atoms. The average molecular weight is 116 g/mol. The van der Waals surface area contributed by atoms with Crippen LogP contribution >= 0.6 is 0 Å². The maximum atomic E-state index is 8.87. The number of rotatable bonds is 3. The van der Waals surface area contributed by atoms with Crippen LogP contribution in [0.1, 0.15) is 13.3 Å². The second kappa shape index (κ2) is 3.64. The fourth-order valence-electron chi connectivity index (χ4n) is 0.369. The molecule has 0 saturated heterocycles. The van der Waals surface area contributed by atoms with Crippen molar-refractivity contribution in [1.29, 1.82) is 0 Å². The van der Waals surface area contributed by atoms with Gasteiger partial charge in [0, 0.05) is 13.0 Å². The summed E-state index contributed by atoms with van der Waals surface area (Å²) in [5.74, 6) is 0. The van der Waals surface area contributed by atoms with Gasteiger partial charge in [-0.25, -0.2) is 0 Å². The summed E-state index contributed by atoms with van der Waals surface area (Å²) in [5.41, 5.74) is 0.707. The van der Waals surface area contributed by atoms with Gasteiger partial charge in [-0.2, -0.15) is 0 Å². The van der Waals surface area contributed by atoms with Crippen LogP contribution in [0.25, 0.3) is 0 Å². The van der Waals surface area contributed by atoms with Gasteiger partial charge in [0.15, 0.2) is 0 Å².